The van der Waals surface area contributed by atoms with E-state index >= 15 is 0 Å². The first-order chi connectivity index (χ1) is 9.43. The molecular formula is C12H13FN4O3. The van der Waals surface area contributed by atoms with Crippen LogP contribution < -0.4 is 10.5 Å². The summed E-state index contributed by atoms with van der Waals surface area (Å²) < 4.78 is 20.0. The molecule has 1 aromatic carbocycles. The van der Waals surface area contributed by atoms with Crippen LogP contribution >= 0.6 is 0 Å². The molecule has 0 saturated heterocycles. The number of hydrogen-bond acceptors (Lipinski definition) is 5. The largest absolute Gasteiger partial charge is 0.432 e. The molecule has 0 aliphatic rings. The predicted octanol–water partition coefficient (Wildman–Crippen LogP) is 2.03. The number of nitrogens with two attached hydrogens (primary N) is 1. The van der Waals surface area contributed by atoms with Crippen molar-refractivity contribution >= 4 is 5.69 Å². The molecule has 0 aliphatic carbocycles. The van der Waals surface area contributed by atoms with E-state index in [0.717, 1.165) is 12.1 Å². The molecule has 0 amide bonds. The maximum absolute atomic E-state index is 13.1. The van der Waals surface area contributed by atoms with Crippen molar-refractivity contribution in [3.8, 4) is 11.6 Å². The van der Waals surface area contributed by atoms with Crippen molar-refractivity contribution in [3.63, 3.8) is 0 Å². The van der Waals surface area contributed by atoms with Crippen LogP contribution in [0.3, 0.4) is 0 Å². The number of benzene rings is 1. The van der Waals surface area contributed by atoms with Crippen LogP contribution in [0.5, 0.6) is 11.6 Å². The van der Waals surface area contributed by atoms with Gasteiger partial charge in [0.15, 0.2) is 0 Å². The highest BCUT2D eigenvalue weighted by Crippen LogP contribution is 2.33. The number of aromatic nitrogens is 2. The third-order valence-corrected chi connectivity index (χ3v) is 2.82. The molecule has 2 rings (SSSR count). The van der Waals surface area contributed by atoms with Crippen LogP contribution in [-0.2, 0) is 13.6 Å². The Morgan fingerprint density at radius 1 is 1.55 bits per heavy atom. The molecule has 0 bridgehead atoms. The summed E-state index contributed by atoms with van der Waals surface area (Å²) in [6, 6.07) is 3.10. The van der Waals surface area contributed by atoms with E-state index in [1.807, 2.05) is 0 Å². The van der Waals surface area contributed by atoms with E-state index in [2.05, 4.69) is 5.10 Å². The van der Waals surface area contributed by atoms with E-state index in [1.54, 1.807) is 14.0 Å². The normalized spacial score (nSPS) is 10.6. The zero-order chi connectivity index (χ0) is 14.9. The summed E-state index contributed by atoms with van der Waals surface area (Å²) in [4.78, 5) is 10.2. The average Bonchev–Trinajstić information content (AvgIpc) is 2.65. The highest BCUT2D eigenvalue weighted by Gasteiger charge is 2.21. The number of rotatable bonds is 4. The minimum Gasteiger partial charge on any atom is -0.432 e. The minimum atomic E-state index is -0.705. The summed E-state index contributed by atoms with van der Waals surface area (Å²) in [7, 11) is 1.64. The molecule has 106 valence electrons. The average molecular weight is 280 g/mol. The van der Waals surface area contributed by atoms with Crippen molar-refractivity contribution in [2.75, 3.05) is 0 Å². The Morgan fingerprint density at radius 3 is 2.85 bits per heavy atom. The third kappa shape index (κ3) is 2.45. The SMILES string of the molecule is Cc1nn(C)c(Oc2ccc(F)cc2[N+](=O)[O-])c1CN. The maximum atomic E-state index is 13.1. The van der Waals surface area contributed by atoms with E-state index in [4.69, 9.17) is 10.5 Å². The van der Waals surface area contributed by atoms with Crippen molar-refractivity contribution in [2.45, 2.75) is 13.5 Å². The van der Waals surface area contributed by atoms with Gasteiger partial charge >= 0.3 is 5.69 Å². The number of ether oxygens (including phenoxy) is 1. The van der Waals surface area contributed by atoms with Gasteiger partial charge in [-0.15, -0.1) is 0 Å². The third-order valence-electron chi connectivity index (χ3n) is 2.82. The number of nitrogens with zero attached hydrogens (tertiary/aromatic N) is 3. The molecule has 0 spiro atoms. The standard InChI is InChI=1S/C12H13FN4O3/c1-7-9(6-14)12(16(2)15-7)20-11-4-3-8(13)5-10(11)17(18)19/h3-5H,6,14H2,1-2H3. The van der Waals surface area contributed by atoms with Crippen molar-refractivity contribution in [3.05, 3.63) is 45.4 Å². The monoisotopic (exact) mass is 280 g/mol. The molecule has 2 N–H and O–H groups in total. The van der Waals surface area contributed by atoms with Gasteiger partial charge in [-0.2, -0.15) is 5.10 Å². The summed E-state index contributed by atoms with van der Waals surface area (Å²) in [5.41, 5.74) is 6.48. The van der Waals surface area contributed by atoms with Gasteiger partial charge in [-0.3, -0.25) is 10.1 Å². The minimum absolute atomic E-state index is 0.0610. The van der Waals surface area contributed by atoms with E-state index in [0.29, 0.717) is 17.1 Å². The Bertz CT molecular complexity index is 669. The molecule has 1 aromatic heterocycles. The lowest BCUT2D eigenvalue weighted by Crippen LogP contribution is -2.02. The molecule has 8 heteroatoms. The summed E-state index contributed by atoms with van der Waals surface area (Å²) in [6.07, 6.45) is 0. The van der Waals surface area contributed by atoms with Crippen LogP contribution in [0.4, 0.5) is 10.1 Å². The van der Waals surface area contributed by atoms with E-state index in [1.165, 1.54) is 10.7 Å². The lowest BCUT2D eigenvalue weighted by atomic mass is 10.2. The Hall–Kier alpha value is -2.48. The number of nitro benzene ring substituents is 1. The van der Waals surface area contributed by atoms with Gasteiger partial charge in [-0.1, -0.05) is 0 Å². The number of hydrogen-bond donors (Lipinski definition) is 1. The second-order valence-corrected chi connectivity index (χ2v) is 4.17. The zero-order valence-corrected chi connectivity index (χ0v) is 11.0. The van der Waals surface area contributed by atoms with Crippen LogP contribution in [-0.4, -0.2) is 14.7 Å². The van der Waals surface area contributed by atoms with Crippen molar-refractivity contribution in [2.24, 2.45) is 12.8 Å². The van der Waals surface area contributed by atoms with E-state index in [9.17, 15) is 14.5 Å². The fourth-order valence-electron chi connectivity index (χ4n) is 1.87. The van der Waals surface area contributed by atoms with E-state index < -0.39 is 16.4 Å². The molecule has 7 nitrogen and oxygen atoms in total. The lowest BCUT2D eigenvalue weighted by molar-refractivity contribution is -0.385. The second-order valence-electron chi connectivity index (χ2n) is 4.17. The van der Waals surface area contributed by atoms with Crippen LogP contribution in [0.25, 0.3) is 0 Å². The topological polar surface area (TPSA) is 96.2 Å². The molecule has 0 fully saturated rings. The number of halogens is 1. The fraction of sp³-hybridized carbons (Fsp3) is 0.250. The number of aryl methyl sites for hydroxylation is 2. The van der Waals surface area contributed by atoms with Gasteiger partial charge < -0.3 is 10.5 Å². The highest BCUT2D eigenvalue weighted by atomic mass is 19.1. The Labute approximate surface area is 113 Å². The maximum Gasteiger partial charge on any atom is 0.314 e. The van der Waals surface area contributed by atoms with Gasteiger partial charge in [0.1, 0.15) is 5.82 Å². The number of nitro groups is 1. The van der Waals surface area contributed by atoms with Gasteiger partial charge in [0.05, 0.1) is 22.2 Å². The molecule has 0 aliphatic heterocycles. The highest BCUT2D eigenvalue weighted by molar-refractivity contribution is 5.49. The molecule has 1 heterocycles. The smallest absolute Gasteiger partial charge is 0.314 e. The Morgan fingerprint density at radius 2 is 2.25 bits per heavy atom. The zero-order valence-electron chi connectivity index (χ0n) is 11.0. The first-order valence-electron chi connectivity index (χ1n) is 5.78. The molecule has 2 aromatic rings. The molecule has 0 saturated carbocycles. The first-order valence-corrected chi connectivity index (χ1v) is 5.78. The van der Waals surface area contributed by atoms with Crippen LogP contribution in [0, 0.1) is 22.9 Å². The Balaban J connectivity index is 2.48. The van der Waals surface area contributed by atoms with Gasteiger partial charge in [0, 0.05) is 13.6 Å². The van der Waals surface area contributed by atoms with Gasteiger partial charge in [0.2, 0.25) is 11.6 Å². The van der Waals surface area contributed by atoms with Crippen LogP contribution in [0.2, 0.25) is 0 Å². The fourth-order valence-corrected chi connectivity index (χ4v) is 1.87. The quantitative estimate of drug-likeness (QED) is 0.682. The first kappa shape index (κ1) is 13.9. The van der Waals surface area contributed by atoms with Gasteiger partial charge in [0.25, 0.3) is 0 Å². The molecule has 0 unspecified atom stereocenters. The molecule has 0 atom stereocenters. The van der Waals surface area contributed by atoms with Crippen LogP contribution in [0.15, 0.2) is 18.2 Å². The van der Waals surface area contributed by atoms with Gasteiger partial charge in [-0.25, -0.2) is 9.07 Å². The second kappa shape index (κ2) is 5.25. The van der Waals surface area contributed by atoms with Crippen molar-refractivity contribution < 1.29 is 14.1 Å². The lowest BCUT2D eigenvalue weighted by Gasteiger charge is -2.08. The van der Waals surface area contributed by atoms with Crippen molar-refractivity contribution in [1.29, 1.82) is 0 Å². The summed E-state index contributed by atoms with van der Waals surface area (Å²) in [5.74, 6) is -0.460. The van der Waals surface area contributed by atoms with E-state index in [-0.39, 0.29) is 12.3 Å². The Kier molecular flexibility index (Phi) is 3.66. The van der Waals surface area contributed by atoms with Crippen LogP contribution in [0.1, 0.15) is 11.3 Å². The molecule has 20 heavy (non-hydrogen) atoms. The summed E-state index contributed by atoms with van der Waals surface area (Å²) in [5, 5.41) is 15.1. The molecule has 0 radical (unpaired) electrons. The summed E-state index contributed by atoms with van der Waals surface area (Å²) in [6.45, 7) is 1.94. The molecular weight excluding hydrogens is 267 g/mol. The predicted molar refractivity (Wildman–Crippen MR) is 69.0 cm³/mol. The van der Waals surface area contributed by atoms with Crippen molar-refractivity contribution in [1.82, 2.24) is 9.78 Å². The summed E-state index contributed by atoms with van der Waals surface area (Å²) >= 11 is 0. The van der Waals surface area contributed by atoms with Gasteiger partial charge in [-0.05, 0) is 19.1 Å².